The maximum absolute atomic E-state index is 12.3. The van der Waals surface area contributed by atoms with Gasteiger partial charge in [-0.25, -0.2) is 9.97 Å². The Bertz CT molecular complexity index is 951. The zero-order valence-electron chi connectivity index (χ0n) is 13.0. The van der Waals surface area contributed by atoms with Crippen molar-refractivity contribution in [3.63, 3.8) is 0 Å². The number of halogens is 1. The molecular formula is C16H16ClN5O2. The largest absolute Gasteiger partial charge is 0.377 e. The van der Waals surface area contributed by atoms with Crippen LogP contribution in [-0.4, -0.2) is 45.7 Å². The molecule has 3 aromatic rings. The van der Waals surface area contributed by atoms with Crippen molar-refractivity contribution in [3.8, 4) is 11.4 Å². The first kappa shape index (κ1) is 15.2. The number of fused-ring (bicyclic) bond motifs is 1. The Morgan fingerprint density at radius 3 is 3.17 bits per heavy atom. The Morgan fingerprint density at radius 1 is 1.46 bits per heavy atom. The van der Waals surface area contributed by atoms with Crippen molar-refractivity contribution in [3.05, 3.63) is 39.9 Å². The molecule has 4 heterocycles. The van der Waals surface area contributed by atoms with Crippen molar-refractivity contribution in [2.24, 2.45) is 0 Å². The van der Waals surface area contributed by atoms with E-state index in [4.69, 9.17) is 16.3 Å². The van der Waals surface area contributed by atoms with E-state index in [0.717, 1.165) is 16.6 Å². The molecule has 1 atom stereocenters. The maximum Gasteiger partial charge on any atom is 0.272 e. The highest BCUT2D eigenvalue weighted by Crippen LogP contribution is 2.29. The molecule has 0 aliphatic carbocycles. The third kappa shape index (κ3) is 2.46. The molecule has 0 spiro atoms. The van der Waals surface area contributed by atoms with E-state index in [-0.39, 0.29) is 16.6 Å². The van der Waals surface area contributed by atoms with Gasteiger partial charge in [0.05, 0.1) is 19.3 Å². The number of pyridine rings is 1. The van der Waals surface area contributed by atoms with Gasteiger partial charge in [-0.15, -0.1) is 0 Å². The second-order valence-electron chi connectivity index (χ2n) is 5.77. The van der Waals surface area contributed by atoms with Crippen LogP contribution in [0.25, 0.3) is 22.4 Å². The summed E-state index contributed by atoms with van der Waals surface area (Å²) in [7, 11) is 0. The molecule has 124 valence electrons. The molecule has 1 saturated heterocycles. The van der Waals surface area contributed by atoms with Gasteiger partial charge in [0, 0.05) is 29.9 Å². The van der Waals surface area contributed by atoms with Gasteiger partial charge in [0.1, 0.15) is 16.5 Å². The van der Waals surface area contributed by atoms with Crippen LogP contribution in [0.1, 0.15) is 6.92 Å². The van der Waals surface area contributed by atoms with E-state index in [1.807, 2.05) is 24.0 Å². The van der Waals surface area contributed by atoms with E-state index < -0.39 is 0 Å². The standard InChI is InChI=1S/C16H16ClN5O2/c1-9-8-24-6-5-22(9)15-12(17)16(23)21-14(20-15)11-7-19-13-10(11)3-2-4-18-13/h2-4,7,9H,5-6,8H2,1H3,(H,18,19)(H,20,21,23)/t9-/m1/s1. The molecule has 1 aliphatic heterocycles. The number of rotatable bonds is 2. The molecule has 0 bridgehead atoms. The molecular weight excluding hydrogens is 330 g/mol. The van der Waals surface area contributed by atoms with Gasteiger partial charge >= 0.3 is 0 Å². The molecule has 0 amide bonds. The molecule has 24 heavy (non-hydrogen) atoms. The van der Waals surface area contributed by atoms with Crippen molar-refractivity contribution in [2.45, 2.75) is 13.0 Å². The van der Waals surface area contributed by atoms with Crippen LogP contribution in [0.2, 0.25) is 5.02 Å². The lowest BCUT2D eigenvalue weighted by Crippen LogP contribution is -2.44. The Kier molecular flexibility index (Phi) is 3.74. The number of H-pyrrole nitrogens is 2. The molecule has 4 rings (SSSR count). The average Bonchev–Trinajstić information content (AvgIpc) is 3.02. The third-order valence-corrected chi connectivity index (χ3v) is 4.53. The summed E-state index contributed by atoms with van der Waals surface area (Å²) < 4.78 is 5.45. The summed E-state index contributed by atoms with van der Waals surface area (Å²) in [5.41, 5.74) is 1.18. The maximum atomic E-state index is 12.3. The van der Waals surface area contributed by atoms with E-state index in [0.29, 0.717) is 31.4 Å². The van der Waals surface area contributed by atoms with Crippen molar-refractivity contribution >= 4 is 28.5 Å². The molecule has 3 aromatic heterocycles. The molecule has 0 radical (unpaired) electrons. The monoisotopic (exact) mass is 345 g/mol. The number of ether oxygens (including phenoxy) is 1. The topological polar surface area (TPSA) is 86.9 Å². The van der Waals surface area contributed by atoms with Crippen LogP contribution in [0.4, 0.5) is 5.82 Å². The summed E-state index contributed by atoms with van der Waals surface area (Å²) in [5, 5.41) is 0.995. The fourth-order valence-electron chi connectivity index (χ4n) is 2.96. The zero-order valence-corrected chi connectivity index (χ0v) is 13.8. The molecule has 7 nitrogen and oxygen atoms in total. The van der Waals surface area contributed by atoms with Gasteiger partial charge in [0.2, 0.25) is 0 Å². The first-order valence-corrected chi connectivity index (χ1v) is 8.09. The van der Waals surface area contributed by atoms with Crippen molar-refractivity contribution < 1.29 is 4.74 Å². The lowest BCUT2D eigenvalue weighted by molar-refractivity contribution is 0.0985. The Morgan fingerprint density at radius 2 is 2.33 bits per heavy atom. The first-order valence-electron chi connectivity index (χ1n) is 7.72. The van der Waals surface area contributed by atoms with Crippen LogP contribution in [0.5, 0.6) is 0 Å². The molecule has 1 aliphatic rings. The second kappa shape index (κ2) is 5.92. The zero-order chi connectivity index (χ0) is 16.7. The SMILES string of the molecule is C[C@@H]1COCCN1c1nc(-c2c[nH]c3ncccc23)[nH]c(=O)c1Cl. The Hall–Kier alpha value is -2.38. The van der Waals surface area contributed by atoms with Crippen LogP contribution >= 0.6 is 11.6 Å². The minimum Gasteiger partial charge on any atom is -0.377 e. The van der Waals surface area contributed by atoms with E-state index in [2.05, 4.69) is 19.9 Å². The Balaban J connectivity index is 1.87. The molecule has 0 saturated carbocycles. The third-order valence-electron chi connectivity index (χ3n) is 4.19. The van der Waals surface area contributed by atoms with Crippen LogP contribution in [-0.2, 0) is 4.74 Å². The van der Waals surface area contributed by atoms with Crippen molar-refractivity contribution in [1.29, 1.82) is 0 Å². The fraction of sp³-hybridized carbons (Fsp3) is 0.312. The lowest BCUT2D eigenvalue weighted by atomic mass is 10.2. The van der Waals surface area contributed by atoms with E-state index in [9.17, 15) is 4.79 Å². The number of aromatic amines is 2. The van der Waals surface area contributed by atoms with Crippen LogP contribution < -0.4 is 10.5 Å². The summed E-state index contributed by atoms with van der Waals surface area (Å²) in [5.74, 6) is 0.960. The number of nitrogens with one attached hydrogen (secondary N) is 2. The Labute approximate surface area is 142 Å². The summed E-state index contributed by atoms with van der Waals surface area (Å²) in [6.07, 6.45) is 3.50. The van der Waals surface area contributed by atoms with Crippen molar-refractivity contribution in [1.82, 2.24) is 19.9 Å². The predicted molar refractivity (Wildman–Crippen MR) is 92.6 cm³/mol. The van der Waals surface area contributed by atoms with Gasteiger partial charge in [-0.3, -0.25) is 4.79 Å². The number of hydrogen-bond acceptors (Lipinski definition) is 5. The quantitative estimate of drug-likeness (QED) is 0.743. The van der Waals surface area contributed by atoms with Gasteiger partial charge in [0.15, 0.2) is 5.82 Å². The summed E-state index contributed by atoms with van der Waals surface area (Å²) >= 11 is 6.23. The van der Waals surface area contributed by atoms with Gasteiger partial charge < -0.3 is 19.6 Å². The fourth-order valence-corrected chi connectivity index (χ4v) is 3.16. The predicted octanol–water partition coefficient (Wildman–Crippen LogP) is 2.19. The van der Waals surface area contributed by atoms with Crippen LogP contribution in [0.3, 0.4) is 0 Å². The smallest absolute Gasteiger partial charge is 0.272 e. The first-order chi connectivity index (χ1) is 11.6. The minimum atomic E-state index is -0.353. The number of morpholine rings is 1. The van der Waals surface area contributed by atoms with Crippen LogP contribution in [0.15, 0.2) is 29.3 Å². The van der Waals surface area contributed by atoms with Gasteiger partial charge in [-0.2, -0.15) is 0 Å². The molecule has 2 N–H and O–H groups in total. The molecule has 0 aromatic carbocycles. The lowest BCUT2D eigenvalue weighted by Gasteiger charge is -2.34. The van der Waals surface area contributed by atoms with Gasteiger partial charge in [-0.05, 0) is 19.1 Å². The number of hydrogen-bond donors (Lipinski definition) is 2. The highest BCUT2D eigenvalue weighted by molar-refractivity contribution is 6.32. The normalized spacial score (nSPS) is 18.2. The summed E-state index contributed by atoms with van der Waals surface area (Å²) in [6, 6.07) is 3.88. The minimum absolute atomic E-state index is 0.100. The highest BCUT2D eigenvalue weighted by Gasteiger charge is 2.25. The average molecular weight is 346 g/mol. The number of aromatic nitrogens is 4. The van der Waals surface area contributed by atoms with E-state index >= 15 is 0 Å². The molecule has 8 heteroatoms. The van der Waals surface area contributed by atoms with Crippen molar-refractivity contribution in [2.75, 3.05) is 24.7 Å². The highest BCUT2D eigenvalue weighted by atomic mass is 35.5. The second-order valence-corrected chi connectivity index (χ2v) is 6.15. The number of nitrogens with zero attached hydrogens (tertiary/aromatic N) is 3. The van der Waals surface area contributed by atoms with Gasteiger partial charge in [-0.1, -0.05) is 11.6 Å². The van der Waals surface area contributed by atoms with E-state index in [1.54, 1.807) is 12.4 Å². The summed E-state index contributed by atoms with van der Waals surface area (Å²) in [6.45, 7) is 3.83. The molecule has 1 fully saturated rings. The van der Waals surface area contributed by atoms with E-state index in [1.165, 1.54) is 0 Å². The number of anilines is 1. The van der Waals surface area contributed by atoms with Gasteiger partial charge in [0.25, 0.3) is 5.56 Å². The molecule has 0 unspecified atom stereocenters. The summed E-state index contributed by atoms with van der Waals surface area (Å²) in [4.78, 5) is 29.1. The van der Waals surface area contributed by atoms with Crippen LogP contribution in [0, 0.1) is 0 Å².